The van der Waals surface area contributed by atoms with Crippen LogP contribution < -0.4 is 0 Å². The van der Waals surface area contributed by atoms with Crippen molar-refractivity contribution in [1.82, 2.24) is 15.0 Å². The lowest BCUT2D eigenvalue weighted by Crippen LogP contribution is -2.03. The maximum atomic E-state index is 14.6. The fourth-order valence-electron chi connectivity index (χ4n) is 7.56. The highest BCUT2D eigenvalue weighted by Gasteiger charge is 2.38. The summed E-state index contributed by atoms with van der Waals surface area (Å²) in [5.74, 6) is 1.44. The lowest BCUT2D eigenvalue weighted by molar-refractivity contribution is 0.599. The molecule has 0 atom stereocenters. The summed E-state index contributed by atoms with van der Waals surface area (Å²) in [5, 5.41) is 6.84. The lowest BCUT2D eigenvalue weighted by Gasteiger charge is -2.16. The summed E-state index contributed by atoms with van der Waals surface area (Å²) < 4.78 is 29.3. The maximum Gasteiger partial charge on any atom is 0.208 e. The Balaban J connectivity index is 1.26. The van der Waals surface area contributed by atoms with Gasteiger partial charge in [0.15, 0.2) is 17.5 Å². The van der Waals surface area contributed by atoms with Gasteiger partial charge in [-0.05, 0) is 56.1 Å². The summed E-state index contributed by atoms with van der Waals surface area (Å²) in [5.41, 5.74) is 5.04. The van der Waals surface area contributed by atoms with E-state index in [0.29, 0.717) is 39.7 Å². The van der Waals surface area contributed by atoms with Gasteiger partial charge in [0.2, 0.25) is 9.84 Å². The Hall–Kier alpha value is -6.50. The lowest BCUT2D eigenvalue weighted by atomic mass is 9.90. The molecule has 51 heavy (non-hydrogen) atoms. The van der Waals surface area contributed by atoms with E-state index in [1.807, 2.05) is 91.0 Å². The fraction of sp³-hybridized carbons (Fsp3) is 0. The molecule has 10 rings (SSSR count). The van der Waals surface area contributed by atoms with Crippen molar-refractivity contribution < 1.29 is 8.42 Å². The third-order valence-electron chi connectivity index (χ3n) is 9.87. The van der Waals surface area contributed by atoms with Crippen molar-refractivity contribution in [2.24, 2.45) is 0 Å². The zero-order chi connectivity index (χ0) is 34.1. The van der Waals surface area contributed by atoms with Crippen LogP contribution in [-0.2, 0) is 9.84 Å². The number of hydrogen-bond acceptors (Lipinski definition) is 5. The summed E-state index contributed by atoms with van der Waals surface area (Å²) in [6, 6.07) is 53.8. The molecule has 0 saturated carbocycles. The molecule has 6 heteroatoms. The molecule has 0 fully saturated rings. The molecular formula is C45H27N3O2S. The summed E-state index contributed by atoms with van der Waals surface area (Å²) in [6.07, 6.45) is 0. The molecule has 0 N–H and O–H groups in total. The minimum Gasteiger partial charge on any atom is -0.218 e. The first-order valence-electron chi connectivity index (χ1n) is 16.8. The first kappa shape index (κ1) is 29.4. The van der Waals surface area contributed by atoms with E-state index >= 15 is 0 Å². The van der Waals surface area contributed by atoms with E-state index in [9.17, 15) is 8.42 Å². The van der Waals surface area contributed by atoms with Crippen LogP contribution in [0, 0.1) is 0 Å². The van der Waals surface area contributed by atoms with Crippen molar-refractivity contribution in [2.45, 2.75) is 9.79 Å². The summed E-state index contributed by atoms with van der Waals surface area (Å²) in [7, 11) is -3.90. The number of nitrogens with zero attached hydrogens (tertiary/aromatic N) is 3. The van der Waals surface area contributed by atoms with Crippen LogP contribution >= 0.6 is 0 Å². The second-order valence-corrected chi connectivity index (χ2v) is 14.6. The molecule has 1 aromatic heterocycles. The SMILES string of the molecule is O=S1(=O)c2ccccc2-c2c(-c3nc(-c4ccccc4)nc(-c4ccccc4)n3)ccc(-c3ccc4c5ccccc5c5ccccc5c4c3)c21. The van der Waals surface area contributed by atoms with E-state index in [1.54, 1.807) is 12.1 Å². The molecule has 0 spiro atoms. The van der Waals surface area contributed by atoms with Crippen LogP contribution in [-0.4, -0.2) is 23.4 Å². The number of aromatic nitrogens is 3. The average Bonchev–Trinajstić information content (AvgIpc) is 3.44. The Bertz CT molecular complexity index is 2890. The van der Waals surface area contributed by atoms with Crippen molar-refractivity contribution in [3.63, 3.8) is 0 Å². The van der Waals surface area contributed by atoms with E-state index in [-0.39, 0.29) is 9.79 Å². The number of benzene rings is 8. The Morgan fingerprint density at radius 3 is 1.43 bits per heavy atom. The molecule has 8 aromatic carbocycles. The molecule has 9 aromatic rings. The zero-order valence-corrected chi connectivity index (χ0v) is 28.0. The molecule has 0 unspecified atom stereocenters. The summed E-state index contributed by atoms with van der Waals surface area (Å²) in [4.78, 5) is 15.4. The molecule has 0 bridgehead atoms. The molecule has 1 aliphatic rings. The van der Waals surface area contributed by atoms with Crippen molar-refractivity contribution in [3.8, 4) is 56.4 Å². The minimum atomic E-state index is -3.90. The van der Waals surface area contributed by atoms with Crippen LogP contribution in [0.4, 0.5) is 0 Å². The molecule has 0 radical (unpaired) electrons. The van der Waals surface area contributed by atoms with E-state index in [2.05, 4.69) is 60.7 Å². The van der Waals surface area contributed by atoms with E-state index < -0.39 is 9.84 Å². The summed E-state index contributed by atoms with van der Waals surface area (Å²) >= 11 is 0. The molecule has 2 heterocycles. The maximum absolute atomic E-state index is 14.6. The van der Waals surface area contributed by atoms with E-state index in [4.69, 9.17) is 15.0 Å². The fourth-order valence-corrected chi connectivity index (χ4v) is 9.47. The quantitative estimate of drug-likeness (QED) is 0.174. The largest absolute Gasteiger partial charge is 0.218 e. The van der Waals surface area contributed by atoms with Crippen LogP contribution in [0.15, 0.2) is 174 Å². The molecule has 0 amide bonds. The van der Waals surface area contributed by atoms with Crippen LogP contribution in [0.25, 0.3) is 88.7 Å². The second-order valence-electron chi connectivity index (χ2n) is 12.8. The van der Waals surface area contributed by atoms with Gasteiger partial charge in [0.25, 0.3) is 0 Å². The van der Waals surface area contributed by atoms with Crippen molar-refractivity contribution >= 4 is 42.2 Å². The highest BCUT2D eigenvalue weighted by atomic mass is 32.2. The molecule has 1 aliphatic heterocycles. The number of sulfone groups is 1. The van der Waals surface area contributed by atoms with Crippen molar-refractivity contribution in [3.05, 3.63) is 164 Å². The molecule has 5 nitrogen and oxygen atoms in total. The number of fused-ring (bicyclic) bond motifs is 9. The highest BCUT2D eigenvalue weighted by molar-refractivity contribution is 7.92. The van der Waals surface area contributed by atoms with Gasteiger partial charge in [-0.3, -0.25) is 0 Å². The smallest absolute Gasteiger partial charge is 0.208 e. The third-order valence-corrected chi connectivity index (χ3v) is 11.8. The van der Waals surface area contributed by atoms with Gasteiger partial charge in [-0.25, -0.2) is 23.4 Å². The van der Waals surface area contributed by atoms with Crippen LogP contribution in [0.1, 0.15) is 0 Å². The predicted molar refractivity (Wildman–Crippen MR) is 205 cm³/mol. The Kier molecular flexibility index (Phi) is 6.50. The Morgan fingerprint density at radius 1 is 0.353 bits per heavy atom. The minimum absolute atomic E-state index is 0.272. The normalized spacial score (nSPS) is 13.0. The van der Waals surface area contributed by atoms with Gasteiger partial charge >= 0.3 is 0 Å². The Morgan fingerprint density at radius 2 is 0.824 bits per heavy atom. The van der Waals surface area contributed by atoms with Crippen LogP contribution in [0.5, 0.6) is 0 Å². The zero-order valence-electron chi connectivity index (χ0n) is 27.2. The van der Waals surface area contributed by atoms with Crippen LogP contribution in [0.3, 0.4) is 0 Å². The third kappa shape index (κ3) is 4.54. The Labute approximate surface area is 294 Å². The van der Waals surface area contributed by atoms with E-state index in [0.717, 1.165) is 43.6 Å². The number of hydrogen-bond donors (Lipinski definition) is 0. The first-order chi connectivity index (χ1) is 25.1. The predicted octanol–water partition coefficient (Wildman–Crippen LogP) is 10.8. The topological polar surface area (TPSA) is 72.8 Å². The van der Waals surface area contributed by atoms with Crippen molar-refractivity contribution in [2.75, 3.05) is 0 Å². The van der Waals surface area contributed by atoms with Gasteiger partial charge < -0.3 is 0 Å². The first-order valence-corrected chi connectivity index (χ1v) is 18.3. The summed E-state index contributed by atoms with van der Waals surface area (Å²) in [6.45, 7) is 0. The van der Waals surface area contributed by atoms with Crippen molar-refractivity contribution in [1.29, 1.82) is 0 Å². The molecular weight excluding hydrogens is 647 g/mol. The van der Waals surface area contributed by atoms with Crippen LogP contribution in [0.2, 0.25) is 0 Å². The number of rotatable bonds is 4. The van der Waals surface area contributed by atoms with E-state index in [1.165, 1.54) is 5.39 Å². The molecule has 0 aliphatic carbocycles. The molecule has 240 valence electrons. The molecule has 0 saturated heterocycles. The van der Waals surface area contributed by atoms with Gasteiger partial charge in [-0.2, -0.15) is 0 Å². The standard InChI is InChI=1S/C45H27N3O2S/c49-51(50)40-22-12-11-21-37(40)41-38(45-47-43(28-13-3-1-4-14-28)46-44(48-45)29-15-5-2-6-16-29)26-25-31(42(41)51)30-23-24-36-34-19-8-7-17-32(34)33-18-9-10-20-35(33)39(36)27-30/h1-27H. The van der Waals surface area contributed by atoms with Gasteiger partial charge in [-0.15, -0.1) is 0 Å². The van der Waals surface area contributed by atoms with Gasteiger partial charge in [-0.1, -0.05) is 146 Å². The monoisotopic (exact) mass is 673 g/mol. The van der Waals surface area contributed by atoms with Gasteiger partial charge in [0, 0.05) is 33.4 Å². The average molecular weight is 674 g/mol. The van der Waals surface area contributed by atoms with Gasteiger partial charge in [0.1, 0.15) is 0 Å². The second kappa shape index (κ2) is 11.3. The highest BCUT2D eigenvalue weighted by Crippen LogP contribution is 2.52. The van der Waals surface area contributed by atoms with Gasteiger partial charge in [0.05, 0.1) is 9.79 Å².